The number of hydrogen-bond donors (Lipinski definition) is 0. The maximum atomic E-state index is 4.89. The first-order chi connectivity index (χ1) is 5.33. The Hall–Kier alpha value is -0.550. The zero-order chi connectivity index (χ0) is 8.10. The zero-order valence-electron chi connectivity index (χ0n) is 6.11. The topological polar surface area (TPSA) is 35.0 Å². The minimum absolute atomic E-state index is 0.742. The number of rotatable bonds is 4. The van der Waals surface area contributed by atoms with E-state index in [9.17, 15) is 0 Å². The summed E-state index contributed by atoms with van der Waals surface area (Å²) in [4.78, 5) is 0. The number of methoxy groups -OCH3 is 1. The molecule has 0 N–H and O–H groups in total. The van der Waals surface area contributed by atoms with Crippen molar-refractivity contribution in [3.8, 4) is 0 Å². The zero-order valence-corrected chi connectivity index (χ0v) is 7.74. The van der Waals surface area contributed by atoms with Gasteiger partial charge < -0.3 is 4.74 Å². The van der Waals surface area contributed by atoms with Gasteiger partial charge in [-0.05, 0) is 0 Å². The van der Waals surface area contributed by atoms with E-state index in [2.05, 4.69) is 16.8 Å². The van der Waals surface area contributed by atoms with E-state index < -0.39 is 0 Å². The van der Waals surface area contributed by atoms with Gasteiger partial charge in [0.1, 0.15) is 5.51 Å². The Morgan fingerprint density at radius 1 is 1.91 bits per heavy atom. The average molecular weight is 188 g/mol. The van der Waals surface area contributed by atoms with Crippen molar-refractivity contribution in [2.24, 2.45) is 0 Å². The molecule has 1 aromatic rings. The number of aromatic nitrogens is 2. The highest BCUT2D eigenvalue weighted by Gasteiger charge is 1.98. The van der Waals surface area contributed by atoms with Crippen LogP contribution in [-0.4, -0.2) is 23.1 Å². The molecule has 0 saturated carbocycles. The second-order valence-corrected chi connectivity index (χ2v) is 3.79. The number of nitrogens with zero attached hydrogens (tertiary/aromatic N) is 2. The summed E-state index contributed by atoms with van der Waals surface area (Å²) in [5.41, 5.74) is 1.71. The van der Waals surface area contributed by atoms with Gasteiger partial charge in [0.2, 0.25) is 0 Å². The normalized spacial score (nSPS) is 9.55. The van der Waals surface area contributed by atoms with Crippen LogP contribution in [0.15, 0.2) is 22.2 Å². The monoisotopic (exact) mass is 188 g/mol. The first-order valence-corrected chi connectivity index (χ1v) is 4.80. The fraction of sp³-hybridized carbons (Fsp3) is 0.333. The molecule has 11 heavy (non-hydrogen) atoms. The van der Waals surface area contributed by atoms with Crippen LogP contribution in [0.25, 0.3) is 0 Å². The quantitative estimate of drug-likeness (QED) is 0.533. The van der Waals surface area contributed by atoms with Crippen molar-refractivity contribution in [1.29, 1.82) is 0 Å². The lowest BCUT2D eigenvalue weighted by molar-refractivity contribution is 0.298. The van der Waals surface area contributed by atoms with Crippen LogP contribution in [0.3, 0.4) is 0 Å². The van der Waals surface area contributed by atoms with Gasteiger partial charge in [-0.15, -0.1) is 10.2 Å². The smallest absolute Gasteiger partial charge is 0.174 e. The Morgan fingerprint density at radius 2 is 2.73 bits per heavy atom. The molecule has 3 nitrogen and oxygen atoms in total. The van der Waals surface area contributed by atoms with E-state index in [0.29, 0.717) is 0 Å². The van der Waals surface area contributed by atoms with Crippen LogP contribution in [0.5, 0.6) is 0 Å². The van der Waals surface area contributed by atoms with E-state index in [1.165, 1.54) is 11.3 Å². The summed E-state index contributed by atoms with van der Waals surface area (Å²) in [5.74, 6) is 1.50. The van der Waals surface area contributed by atoms with E-state index in [1.54, 1.807) is 24.4 Å². The molecule has 0 fully saturated rings. The van der Waals surface area contributed by atoms with Gasteiger partial charge in [-0.2, -0.15) is 0 Å². The fourth-order valence-corrected chi connectivity index (χ4v) is 1.79. The molecule has 0 amide bonds. The third-order valence-electron chi connectivity index (χ3n) is 0.985. The van der Waals surface area contributed by atoms with Crippen molar-refractivity contribution in [3.05, 3.63) is 17.8 Å². The van der Waals surface area contributed by atoms with Crippen molar-refractivity contribution in [3.63, 3.8) is 0 Å². The molecular formula is C6H8N2OS2. The average Bonchev–Trinajstić information content (AvgIpc) is 2.52. The van der Waals surface area contributed by atoms with Gasteiger partial charge in [0, 0.05) is 0 Å². The van der Waals surface area contributed by atoms with Crippen LogP contribution in [0.2, 0.25) is 0 Å². The van der Waals surface area contributed by atoms with Crippen LogP contribution in [0.1, 0.15) is 0 Å². The lowest BCUT2D eigenvalue weighted by atomic mass is 10.7. The first-order valence-electron chi connectivity index (χ1n) is 2.93. The molecule has 0 bridgehead atoms. The molecule has 0 aliphatic carbocycles. The maximum absolute atomic E-state index is 4.89. The molecule has 0 radical (unpaired) electrons. The van der Waals surface area contributed by atoms with E-state index in [4.69, 9.17) is 4.74 Å². The standard InChI is InChI=1S/C6H8N2OS2/c1-5(9-2)3-10-6-8-7-4-11-6/h4H,1,3H2,2H3. The fourth-order valence-electron chi connectivity index (χ4n) is 0.427. The van der Waals surface area contributed by atoms with Crippen LogP contribution in [0.4, 0.5) is 0 Å². The summed E-state index contributed by atoms with van der Waals surface area (Å²) >= 11 is 3.10. The molecule has 0 atom stereocenters. The van der Waals surface area contributed by atoms with Crippen LogP contribution >= 0.6 is 23.1 Å². The second kappa shape index (κ2) is 4.35. The minimum Gasteiger partial charge on any atom is -0.501 e. The molecular weight excluding hydrogens is 180 g/mol. The van der Waals surface area contributed by atoms with Crippen LogP contribution < -0.4 is 0 Å². The summed E-state index contributed by atoms with van der Waals surface area (Å²) in [6, 6.07) is 0. The Morgan fingerprint density at radius 3 is 3.27 bits per heavy atom. The molecule has 60 valence electrons. The summed E-state index contributed by atoms with van der Waals surface area (Å²) in [5, 5.41) is 7.56. The lowest BCUT2D eigenvalue weighted by Crippen LogP contribution is -1.87. The number of thioether (sulfide) groups is 1. The maximum Gasteiger partial charge on any atom is 0.174 e. The van der Waals surface area contributed by atoms with Gasteiger partial charge in [0.05, 0.1) is 18.6 Å². The van der Waals surface area contributed by atoms with Gasteiger partial charge in [-0.25, -0.2) is 0 Å². The highest BCUT2D eigenvalue weighted by Crippen LogP contribution is 2.20. The first kappa shape index (κ1) is 8.55. The predicted molar refractivity (Wildman–Crippen MR) is 46.8 cm³/mol. The van der Waals surface area contributed by atoms with E-state index in [0.717, 1.165) is 15.9 Å². The van der Waals surface area contributed by atoms with E-state index in [1.807, 2.05) is 0 Å². The Bertz CT molecular complexity index is 222. The van der Waals surface area contributed by atoms with Crippen molar-refractivity contribution in [2.75, 3.05) is 12.9 Å². The molecule has 0 saturated heterocycles. The van der Waals surface area contributed by atoms with E-state index in [-0.39, 0.29) is 0 Å². The Labute approximate surface area is 73.5 Å². The minimum atomic E-state index is 0.742. The molecule has 0 aromatic carbocycles. The second-order valence-electron chi connectivity index (χ2n) is 1.74. The highest BCUT2D eigenvalue weighted by molar-refractivity contribution is 8.01. The molecule has 0 aliphatic heterocycles. The van der Waals surface area contributed by atoms with Gasteiger partial charge in [0.15, 0.2) is 4.34 Å². The van der Waals surface area contributed by atoms with Crippen molar-refractivity contribution >= 4 is 23.1 Å². The largest absolute Gasteiger partial charge is 0.501 e. The third-order valence-corrected chi connectivity index (χ3v) is 2.91. The summed E-state index contributed by atoms with van der Waals surface area (Å²) in [7, 11) is 1.61. The van der Waals surface area contributed by atoms with Crippen LogP contribution in [-0.2, 0) is 4.74 Å². The van der Waals surface area contributed by atoms with Gasteiger partial charge in [-0.3, -0.25) is 0 Å². The highest BCUT2D eigenvalue weighted by atomic mass is 32.2. The Kier molecular flexibility index (Phi) is 3.38. The molecule has 0 aliphatic rings. The van der Waals surface area contributed by atoms with Gasteiger partial charge in [0.25, 0.3) is 0 Å². The summed E-state index contributed by atoms with van der Waals surface area (Å²) in [6.45, 7) is 3.69. The summed E-state index contributed by atoms with van der Waals surface area (Å²) in [6.07, 6.45) is 0. The lowest BCUT2D eigenvalue weighted by Gasteiger charge is -1.99. The number of ether oxygens (including phenoxy) is 1. The molecule has 1 heterocycles. The summed E-state index contributed by atoms with van der Waals surface area (Å²) < 4.78 is 5.84. The molecule has 1 aromatic heterocycles. The van der Waals surface area contributed by atoms with Crippen molar-refractivity contribution in [2.45, 2.75) is 4.34 Å². The van der Waals surface area contributed by atoms with Crippen LogP contribution in [0, 0.1) is 0 Å². The van der Waals surface area contributed by atoms with E-state index >= 15 is 0 Å². The predicted octanol–water partition coefficient (Wildman–Crippen LogP) is 1.79. The van der Waals surface area contributed by atoms with Gasteiger partial charge >= 0.3 is 0 Å². The van der Waals surface area contributed by atoms with Gasteiger partial charge in [-0.1, -0.05) is 29.7 Å². The molecule has 5 heteroatoms. The SMILES string of the molecule is C=C(CSc1nncs1)OC. The van der Waals surface area contributed by atoms with Crippen molar-refractivity contribution in [1.82, 2.24) is 10.2 Å². The Balaban J connectivity index is 2.29. The number of hydrogen-bond acceptors (Lipinski definition) is 5. The molecule has 0 unspecified atom stereocenters. The molecule has 1 rings (SSSR count). The molecule has 0 spiro atoms. The van der Waals surface area contributed by atoms with Crippen molar-refractivity contribution < 1.29 is 4.74 Å². The third kappa shape index (κ3) is 2.90.